The minimum atomic E-state index is -0.391. The predicted molar refractivity (Wildman–Crippen MR) is 98.4 cm³/mol. The lowest BCUT2D eigenvalue weighted by atomic mass is 10.2. The van der Waals surface area contributed by atoms with Crippen LogP contribution in [0.1, 0.15) is 24.5 Å². The molecule has 0 saturated carbocycles. The number of ether oxygens (including phenoxy) is 2. The van der Waals surface area contributed by atoms with Crippen LogP contribution >= 0.6 is 27.5 Å². The van der Waals surface area contributed by atoms with Gasteiger partial charge in [-0.2, -0.15) is 0 Å². The van der Waals surface area contributed by atoms with Gasteiger partial charge >= 0.3 is 0 Å². The summed E-state index contributed by atoms with van der Waals surface area (Å²) in [6, 6.07) is 8.43. The van der Waals surface area contributed by atoms with Crippen LogP contribution in [0.25, 0.3) is 0 Å². The van der Waals surface area contributed by atoms with E-state index in [-0.39, 0.29) is 6.61 Å². The largest absolute Gasteiger partial charge is 0.493 e. The average molecular weight is 417 g/mol. The molecule has 1 N–H and O–H groups in total. The van der Waals surface area contributed by atoms with Crippen LogP contribution in [-0.4, -0.2) is 13.7 Å². The third kappa shape index (κ3) is 4.85. The molecule has 0 bridgehead atoms. The van der Waals surface area contributed by atoms with Gasteiger partial charge in [-0.25, -0.2) is 4.39 Å². The van der Waals surface area contributed by atoms with Crippen LogP contribution in [0.3, 0.4) is 0 Å². The summed E-state index contributed by atoms with van der Waals surface area (Å²) in [5, 5.41) is 3.68. The molecular formula is C18H20BrClFNO2. The number of rotatable bonds is 8. The van der Waals surface area contributed by atoms with Crippen LogP contribution in [0.15, 0.2) is 34.8 Å². The molecule has 130 valence electrons. The van der Waals surface area contributed by atoms with Crippen molar-refractivity contribution in [2.75, 3.05) is 13.7 Å². The van der Waals surface area contributed by atoms with E-state index in [4.69, 9.17) is 21.1 Å². The molecule has 2 aromatic carbocycles. The molecule has 3 nitrogen and oxygen atoms in total. The predicted octanol–water partition coefficient (Wildman–Crippen LogP) is 5.33. The Bertz CT molecular complexity index is 677. The number of hydrogen-bond acceptors (Lipinski definition) is 3. The summed E-state index contributed by atoms with van der Waals surface area (Å²) < 4.78 is 25.8. The lowest BCUT2D eigenvalue weighted by Gasteiger charge is -2.15. The van der Waals surface area contributed by atoms with Crippen LogP contribution in [0, 0.1) is 5.82 Å². The Labute approximate surface area is 155 Å². The lowest BCUT2D eigenvalue weighted by Crippen LogP contribution is -2.14. The smallest absolute Gasteiger partial charge is 0.175 e. The maximum Gasteiger partial charge on any atom is 0.175 e. The van der Waals surface area contributed by atoms with Gasteiger partial charge in [-0.15, -0.1) is 0 Å². The number of hydrogen-bond donors (Lipinski definition) is 1. The lowest BCUT2D eigenvalue weighted by molar-refractivity contribution is 0.277. The van der Waals surface area contributed by atoms with Crippen molar-refractivity contribution < 1.29 is 13.9 Å². The van der Waals surface area contributed by atoms with Crippen molar-refractivity contribution in [2.45, 2.75) is 26.5 Å². The van der Waals surface area contributed by atoms with Gasteiger partial charge in [0.2, 0.25) is 0 Å². The van der Waals surface area contributed by atoms with Gasteiger partial charge in [0.05, 0.1) is 16.6 Å². The van der Waals surface area contributed by atoms with Crippen molar-refractivity contribution in [2.24, 2.45) is 0 Å². The van der Waals surface area contributed by atoms with Crippen LogP contribution in [0.4, 0.5) is 4.39 Å². The van der Waals surface area contributed by atoms with E-state index >= 15 is 0 Å². The summed E-state index contributed by atoms with van der Waals surface area (Å²) in [6.07, 6.45) is 1.07. The highest BCUT2D eigenvalue weighted by Gasteiger charge is 2.14. The third-order valence-corrected chi connectivity index (χ3v) is 4.41. The van der Waals surface area contributed by atoms with Crippen LogP contribution in [0.2, 0.25) is 5.02 Å². The number of benzene rings is 2. The Balaban J connectivity index is 2.17. The van der Waals surface area contributed by atoms with Gasteiger partial charge < -0.3 is 14.8 Å². The van der Waals surface area contributed by atoms with Crippen molar-refractivity contribution in [3.63, 3.8) is 0 Å². The fourth-order valence-electron chi connectivity index (χ4n) is 2.24. The normalized spacial score (nSPS) is 10.7. The van der Waals surface area contributed by atoms with Crippen molar-refractivity contribution in [1.29, 1.82) is 0 Å². The Hall–Kier alpha value is -1.30. The number of nitrogens with one attached hydrogen (secondary N) is 1. The van der Waals surface area contributed by atoms with E-state index in [1.807, 2.05) is 12.1 Å². The molecule has 0 aliphatic rings. The van der Waals surface area contributed by atoms with Crippen molar-refractivity contribution in [3.8, 4) is 11.5 Å². The third-order valence-electron chi connectivity index (χ3n) is 3.47. The van der Waals surface area contributed by atoms with Gasteiger partial charge in [0.15, 0.2) is 11.5 Å². The molecule has 0 unspecified atom stereocenters. The summed E-state index contributed by atoms with van der Waals surface area (Å²) in [6.45, 7) is 3.83. The van der Waals surface area contributed by atoms with Crippen LogP contribution in [-0.2, 0) is 13.2 Å². The van der Waals surface area contributed by atoms with E-state index in [0.29, 0.717) is 22.1 Å². The van der Waals surface area contributed by atoms with Gasteiger partial charge in [-0.05, 0) is 58.7 Å². The first-order valence-electron chi connectivity index (χ1n) is 7.69. The van der Waals surface area contributed by atoms with Crippen molar-refractivity contribution >= 4 is 27.5 Å². The molecule has 0 aliphatic carbocycles. The number of methoxy groups -OCH3 is 1. The molecule has 0 saturated heterocycles. The first-order chi connectivity index (χ1) is 11.6. The van der Waals surface area contributed by atoms with Gasteiger partial charge in [0, 0.05) is 12.1 Å². The average Bonchev–Trinajstić information content (AvgIpc) is 2.55. The molecule has 0 aromatic heterocycles. The fraction of sp³-hybridized carbons (Fsp3) is 0.333. The Morgan fingerprint density at radius 1 is 1.29 bits per heavy atom. The highest BCUT2D eigenvalue weighted by atomic mass is 79.9. The Kier molecular flexibility index (Phi) is 7.34. The van der Waals surface area contributed by atoms with Crippen LogP contribution in [0.5, 0.6) is 11.5 Å². The zero-order valence-corrected chi connectivity index (χ0v) is 16.0. The highest BCUT2D eigenvalue weighted by molar-refractivity contribution is 9.10. The van der Waals surface area contributed by atoms with Crippen LogP contribution < -0.4 is 14.8 Å². The van der Waals surface area contributed by atoms with Gasteiger partial charge in [-0.1, -0.05) is 24.6 Å². The van der Waals surface area contributed by atoms with Crippen molar-refractivity contribution in [1.82, 2.24) is 5.32 Å². The topological polar surface area (TPSA) is 30.5 Å². The number of halogens is 3. The molecule has 0 spiro atoms. The molecule has 6 heteroatoms. The summed E-state index contributed by atoms with van der Waals surface area (Å²) in [5.74, 6) is 0.721. The van der Waals surface area contributed by atoms with E-state index < -0.39 is 5.82 Å². The van der Waals surface area contributed by atoms with Gasteiger partial charge in [-0.3, -0.25) is 0 Å². The van der Waals surface area contributed by atoms with E-state index in [1.165, 1.54) is 6.07 Å². The quantitative estimate of drug-likeness (QED) is 0.590. The summed E-state index contributed by atoms with van der Waals surface area (Å²) in [7, 11) is 1.58. The highest BCUT2D eigenvalue weighted by Crippen LogP contribution is 2.37. The van der Waals surface area contributed by atoms with E-state index in [9.17, 15) is 4.39 Å². The molecule has 0 atom stereocenters. The minimum Gasteiger partial charge on any atom is -0.493 e. The molecular weight excluding hydrogens is 397 g/mol. The fourth-order valence-corrected chi connectivity index (χ4v) is 3.06. The molecule has 0 amide bonds. The maximum absolute atomic E-state index is 13.9. The summed E-state index contributed by atoms with van der Waals surface area (Å²) in [4.78, 5) is 0. The Morgan fingerprint density at radius 3 is 2.75 bits per heavy atom. The SMILES string of the molecule is CCCNCc1cc(Br)c(OCc2c(F)cccc2Cl)c(OC)c1. The second-order valence-corrected chi connectivity index (χ2v) is 6.54. The first kappa shape index (κ1) is 19.0. The second kappa shape index (κ2) is 9.25. The monoisotopic (exact) mass is 415 g/mol. The van der Waals surface area contributed by atoms with Gasteiger partial charge in [0.25, 0.3) is 0 Å². The van der Waals surface area contributed by atoms with E-state index in [0.717, 1.165) is 29.5 Å². The van der Waals surface area contributed by atoms with E-state index in [2.05, 4.69) is 28.2 Å². The molecule has 2 aromatic rings. The minimum absolute atomic E-state index is 0.0217. The second-order valence-electron chi connectivity index (χ2n) is 5.27. The van der Waals surface area contributed by atoms with E-state index in [1.54, 1.807) is 19.2 Å². The summed E-state index contributed by atoms with van der Waals surface area (Å²) in [5.41, 5.74) is 1.39. The summed E-state index contributed by atoms with van der Waals surface area (Å²) >= 11 is 9.53. The Morgan fingerprint density at radius 2 is 2.08 bits per heavy atom. The molecule has 0 fully saturated rings. The first-order valence-corrected chi connectivity index (χ1v) is 8.86. The standard InChI is InChI=1S/C18H20BrClFNO2/c1-3-7-22-10-12-8-14(19)18(17(9-12)23-2)24-11-13-15(20)5-4-6-16(13)21/h4-6,8-9,22H,3,7,10-11H2,1-2H3. The molecule has 0 aliphatic heterocycles. The zero-order valence-electron chi connectivity index (χ0n) is 13.7. The molecule has 0 radical (unpaired) electrons. The van der Waals surface area contributed by atoms with Gasteiger partial charge in [0.1, 0.15) is 12.4 Å². The molecule has 0 heterocycles. The molecule has 2 rings (SSSR count). The van der Waals surface area contributed by atoms with Crippen molar-refractivity contribution in [3.05, 3.63) is 56.8 Å². The maximum atomic E-state index is 13.9. The molecule has 24 heavy (non-hydrogen) atoms. The zero-order chi connectivity index (χ0) is 17.5.